The van der Waals surface area contributed by atoms with Gasteiger partial charge in [0.15, 0.2) is 0 Å². The van der Waals surface area contributed by atoms with Crippen LogP contribution < -0.4 is 4.90 Å². The summed E-state index contributed by atoms with van der Waals surface area (Å²) in [6.07, 6.45) is 4.76. The van der Waals surface area contributed by atoms with Gasteiger partial charge in [0.1, 0.15) is 0 Å². The van der Waals surface area contributed by atoms with E-state index in [4.69, 9.17) is 0 Å². The second kappa shape index (κ2) is 6.12. The second-order valence-electron chi connectivity index (χ2n) is 3.78. The van der Waals surface area contributed by atoms with Crippen molar-refractivity contribution in [2.24, 2.45) is 0 Å². The third-order valence-electron chi connectivity index (χ3n) is 2.46. The van der Waals surface area contributed by atoms with Gasteiger partial charge in [0.2, 0.25) is 5.95 Å². The van der Waals surface area contributed by atoms with Crippen LogP contribution in [0.25, 0.3) is 0 Å². The Morgan fingerprint density at radius 2 is 2.12 bits per heavy atom. The fraction of sp³-hybridized carbons (Fsp3) is 0.333. The minimum Gasteiger partial charge on any atom is -0.344 e. The molecule has 0 N–H and O–H groups in total. The molecule has 0 radical (unpaired) electrons. The third-order valence-corrected chi connectivity index (χ3v) is 4.04. The summed E-state index contributed by atoms with van der Waals surface area (Å²) in [6.45, 7) is 0.939. The first-order valence-electron chi connectivity index (χ1n) is 5.40. The number of rotatable bonds is 5. The lowest BCUT2D eigenvalue weighted by Crippen LogP contribution is -2.22. The topological polar surface area (TPSA) is 29.0 Å². The highest BCUT2D eigenvalue weighted by molar-refractivity contribution is 9.08. The number of hydrogen-bond donors (Lipinski definition) is 0. The molecule has 0 fully saturated rings. The van der Waals surface area contributed by atoms with Gasteiger partial charge >= 0.3 is 0 Å². The van der Waals surface area contributed by atoms with Crippen molar-refractivity contribution in [2.75, 3.05) is 18.5 Å². The highest BCUT2D eigenvalue weighted by atomic mass is 79.9. The molecule has 2 aromatic rings. The van der Waals surface area contributed by atoms with E-state index >= 15 is 0 Å². The van der Waals surface area contributed by atoms with Crippen molar-refractivity contribution in [1.82, 2.24) is 9.97 Å². The van der Waals surface area contributed by atoms with Crippen LogP contribution in [0.5, 0.6) is 0 Å². The lowest BCUT2D eigenvalue weighted by Gasteiger charge is -2.16. The molecule has 0 atom stereocenters. The number of likely N-dealkylation sites (N-methyl/N-ethyl adjacent to an activating group) is 1. The maximum Gasteiger partial charge on any atom is 0.225 e. The summed E-state index contributed by atoms with van der Waals surface area (Å²) in [6, 6.07) is 4.24. The second-order valence-corrected chi connectivity index (χ2v) is 5.37. The zero-order valence-corrected chi connectivity index (χ0v) is 12.0. The first-order chi connectivity index (χ1) is 8.29. The van der Waals surface area contributed by atoms with Crippen LogP contribution in [0.3, 0.4) is 0 Å². The number of hydrogen-bond acceptors (Lipinski definition) is 4. The standard InChI is InChI=1S/C12H14BrN3S/c1-16(5-4-11-3-2-6-17-11)12-14-8-10(7-13)9-15-12/h2-3,6,8-9H,4-5,7H2,1H3. The maximum absolute atomic E-state index is 4.34. The molecule has 2 heterocycles. The van der Waals surface area contributed by atoms with Crippen LogP contribution in [-0.2, 0) is 11.8 Å². The summed E-state index contributed by atoms with van der Waals surface area (Å²) in [7, 11) is 2.02. The van der Waals surface area contributed by atoms with Crippen LogP contribution in [0.2, 0.25) is 0 Å². The lowest BCUT2D eigenvalue weighted by molar-refractivity contribution is 0.843. The smallest absolute Gasteiger partial charge is 0.225 e. The molecule has 0 amide bonds. The van der Waals surface area contributed by atoms with Crippen molar-refractivity contribution in [3.05, 3.63) is 40.3 Å². The maximum atomic E-state index is 4.34. The molecule has 0 aliphatic heterocycles. The molecule has 0 aromatic carbocycles. The number of halogens is 1. The lowest BCUT2D eigenvalue weighted by atomic mass is 10.3. The fourth-order valence-electron chi connectivity index (χ4n) is 1.45. The fourth-order valence-corrected chi connectivity index (χ4v) is 2.43. The van der Waals surface area contributed by atoms with Gasteiger partial charge in [0.05, 0.1) is 0 Å². The van der Waals surface area contributed by atoms with E-state index in [0.29, 0.717) is 0 Å². The van der Waals surface area contributed by atoms with E-state index in [1.54, 1.807) is 11.3 Å². The first-order valence-corrected chi connectivity index (χ1v) is 7.40. The van der Waals surface area contributed by atoms with Crippen molar-refractivity contribution >= 4 is 33.2 Å². The highest BCUT2D eigenvalue weighted by Crippen LogP contribution is 2.12. The van der Waals surface area contributed by atoms with Crippen molar-refractivity contribution in [3.8, 4) is 0 Å². The molecule has 5 heteroatoms. The van der Waals surface area contributed by atoms with Crippen LogP contribution in [0.15, 0.2) is 29.9 Å². The summed E-state index contributed by atoms with van der Waals surface area (Å²) in [5.41, 5.74) is 1.10. The first kappa shape index (κ1) is 12.5. The largest absolute Gasteiger partial charge is 0.344 e. The minimum atomic E-state index is 0.784. The predicted octanol–water partition coefficient (Wildman–Crippen LogP) is 3.11. The monoisotopic (exact) mass is 311 g/mol. The average molecular weight is 312 g/mol. The molecule has 0 spiro atoms. The third kappa shape index (κ3) is 3.51. The Kier molecular flexibility index (Phi) is 4.50. The van der Waals surface area contributed by atoms with E-state index in [1.165, 1.54) is 4.88 Å². The van der Waals surface area contributed by atoms with Crippen molar-refractivity contribution in [1.29, 1.82) is 0 Å². The van der Waals surface area contributed by atoms with Crippen molar-refractivity contribution < 1.29 is 0 Å². The van der Waals surface area contributed by atoms with Crippen LogP contribution >= 0.6 is 27.3 Å². The van der Waals surface area contributed by atoms with Crippen molar-refractivity contribution in [2.45, 2.75) is 11.8 Å². The highest BCUT2D eigenvalue weighted by Gasteiger charge is 2.04. The molecule has 0 aliphatic carbocycles. The predicted molar refractivity (Wildman–Crippen MR) is 76.0 cm³/mol. The number of nitrogens with zero attached hydrogens (tertiary/aromatic N) is 3. The Bertz CT molecular complexity index is 441. The quantitative estimate of drug-likeness (QED) is 0.794. The van der Waals surface area contributed by atoms with Crippen LogP contribution in [0.4, 0.5) is 5.95 Å². The molecular formula is C12H14BrN3S. The average Bonchev–Trinajstić information content (AvgIpc) is 2.89. The zero-order chi connectivity index (χ0) is 12.1. The van der Waals surface area contributed by atoms with E-state index in [1.807, 2.05) is 19.4 Å². The van der Waals surface area contributed by atoms with Crippen LogP contribution in [0, 0.1) is 0 Å². The molecule has 0 saturated carbocycles. The summed E-state index contributed by atoms with van der Waals surface area (Å²) in [5, 5.41) is 2.91. The van der Waals surface area contributed by atoms with Gasteiger partial charge in [0, 0.05) is 36.2 Å². The van der Waals surface area contributed by atoms with Gasteiger partial charge in [-0.05, 0) is 23.4 Å². The van der Waals surface area contributed by atoms with Crippen LogP contribution in [0.1, 0.15) is 10.4 Å². The molecule has 2 aromatic heterocycles. The summed E-state index contributed by atoms with van der Waals surface area (Å²) >= 11 is 5.18. The van der Waals surface area contributed by atoms with Crippen molar-refractivity contribution in [3.63, 3.8) is 0 Å². The van der Waals surface area contributed by atoms with Gasteiger partial charge in [-0.1, -0.05) is 22.0 Å². The summed E-state index contributed by atoms with van der Waals surface area (Å²) < 4.78 is 0. The van der Waals surface area contributed by atoms with Gasteiger partial charge < -0.3 is 4.90 Å². The Morgan fingerprint density at radius 1 is 1.35 bits per heavy atom. The molecule has 3 nitrogen and oxygen atoms in total. The molecule has 0 aliphatic rings. The summed E-state index contributed by atoms with van der Waals surface area (Å²) in [5.74, 6) is 0.784. The Morgan fingerprint density at radius 3 is 2.71 bits per heavy atom. The van der Waals surface area contributed by atoms with E-state index < -0.39 is 0 Å². The van der Waals surface area contributed by atoms with E-state index in [0.717, 1.165) is 29.8 Å². The number of anilines is 1. The molecular weight excluding hydrogens is 298 g/mol. The Labute approximate surface area is 114 Å². The Hall–Kier alpha value is -0.940. The molecule has 0 saturated heterocycles. The Balaban J connectivity index is 1.92. The van der Waals surface area contributed by atoms with Gasteiger partial charge in [-0.15, -0.1) is 11.3 Å². The van der Waals surface area contributed by atoms with E-state index in [2.05, 4.69) is 48.3 Å². The van der Waals surface area contributed by atoms with Gasteiger partial charge in [-0.2, -0.15) is 0 Å². The molecule has 17 heavy (non-hydrogen) atoms. The molecule has 90 valence electrons. The normalized spacial score (nSPS) is 10.5. The molecule has 0 bridgehead atoms. The zero-order valence-electron chi connectivity index (χ0n) is 9.64. The number of aromatic nitrogens is 2. The van der Waals surface area contributed by atoms with Crippen LogP contribution in [-0.4, -0.2) is 23.6 Å². The molecule has 2 rings (SSSR count). The van der Waals surface area contributed by atoms with E-state index in [-0.39, 0.29) is 0 Å². The number of alkyl halides is 1. The number of thiophene rings is 1. The summed E-state index contributed by atoms with van der Waals surface area (Å²) in [4.78, 5) is 12.2. The van der Waals surface area contributed by atoms with Gasteiger partial charge in [0.25, 0.3) is 0 Å². The molecule has 0 unspecified atom stereocenters. The SMILES string of the molecule is CN(CCc1cccs1)c1ncc(CBr)cn1. The van der Waals surface area contributed by atoms with Gasteiger partial charge in [-0.3, -0.25) is 0 Å². The van der Waals surface area contributed by atoms with E-state index in [9.17, 15) is 0 Å². The van der Waals surface area contributed by atoms with Gasteiger partial charge in [-0.25, -0.2) is 9.97 Å². The minimum absolute atomic E-state index is 0.784.